The van der Waals surface area contributed by atoms with E-state index >= 15 is 0 Å². The summed E-state index contributed by atoms with van der Waals surface area (Å²) in [6.07, 6.45) is 1.87. The molecule has 0 radical (unpaired) electrons. The molecular weight excluding hydrogens is 326 g/mol. The van der Waals surface area contributed by atoms with Crippen molar-refractivity contribution in [2.24, 2.45) is 0 Å². The SMILES string of the molecule is Cc1ccc2c(c1)CCCN2c1ccc(C(C)O)c(Br)c1. The summed E-state index contributed by atoms with van der Waals surface area (Å²) in [5.74, 6) is 0. The first-order valence-corrected chi connectivity index (χ1v) is 8.20. The smallest absolute Gasteiger partial charge is 0.0772 e. The van der Waals surface area contributed by atoms with Crippen LogP contribution in [0.25, 0.3) is 0 Å². The van der Waals surface area contributed by atoms with Crippen molar-refractivity contribution in [2.45, 2.75) is 32.8 Å². The molecule has 3 heteroatoms. The first-order valence-electron chi connectivity index (χ1n) is 7.41. The second kappa shape index (κ2) is 5.82. The lowest BCUT2D eigenvalue weighted by atomic mass is 9.98. The first kappa shape index (κ1) is 14.6. The fourth-order valence-electron chi connectivity index (χ4n) is 3.02. The molecule has 1 N–H and O–H groups in total. The molecule has 0 bridgehead atoms. The van der Waals surface area contributed by atoms with Gasteiger partial charge in [-0.2, -0.15) is 0 Å². The number of hydrogen-bond acceptors (Lipinski definition) is 2. The quantitative estimate of drug-likeness (QED) is 0.836. The Balaban J connectivity index is 2.01. The van der Waals surface area contributed by atoms with E-state index in [9.17, 15) is 5.11 Å². The molecule has 0 aromatic heterocycles. The molecule has 0 aliphatic carbocycles. The van der Waals surface area contributed by atoms with Gasteiger partial charge in [-0.3, -0.25) is 0 Å². The Hall–Kier alpha value is -1.32. The van der Waals surface area contributed by atoms with Gasteiger partial charge in [-0.25, -0.2) is 0 Å². The average Bonchev–Trinajstić information content (AvgIpc) is 2.45. The molecule has 3 rings (SSSR count). The summed E-state index contributed by atoms with van der Waals surface area (Å²) in [7, 11) is 0. The highest BCUT2D eigenvalue weighted by atomic mass is 79.9. The van der Waals surface area contributed by atoms with E-state index in [1.807, 2.05) is 6.07 Å². The van der Waals surface area contributed by atoms with E-state index in [1.165, 1.54) is 28.9 Å². The van der Waals surface area contributed by atoms with Crippen molar-refractivity contribution in [3.05, 3.63) is 57.6 Å². The van der Waals surface area contributed by atoms with Gasteiger partial charge in [-0.1, -0.05) is 39.7 Å². The third kappa shape index (κ3) is 2.85. The van der Waals surface area contributed by atoms with Gasteiger partial charge >= 0.3 is 0 Å². The molecule has 21 heavy (non-hydrogen) atoms. The van der Waals surface area contributed by atoms with Crippen LogP contribution in [0.4, 0.5) is 11.4 Å². The van der Waals surface area contributed by atoms with Gasteiger partial charge in [-0.05, 0) is 56.0 Å². The van der Waals surface area contributed by atoms with Crippen LogP contribution in [0, 0.1) is 6.92 Å². The number of halogens is 1. The monoisotopic (exact) mass is 345 g/mol. The molecule has 110 valence electrons. The number of rotatable bonds is 2. The van der Waals surface area contributed by atoms with E-state index in [-0.39, 0.29) is 0 Å². The lowest BCUT2D eigenvalue weighted by molar-refractivity contribution is 0.198. The summed E-state index contributed by atoms with van der Waals surface area (Å²) >= 11 is 3.58. The van der Waals surface area contributed by atoms with Crippen molar-refractivity contribution in [1.82, 2.24) is 0 Å². The van der Waals surface area contributed by atoms with E-state index in [0.29, 0.717) is 0 Å². The molecule has 1 atom stereocenters. The fourth-order valence-corrected chi connectivity index (χ4v) is 3.71. The zero-order valence-electron chi connectivity index (χ0n) is 12.4. The third-order valence-corrected chi connectivity index (χ3v) is 4.79. The predicted molar refractivity (Wildman–Crippen MR) is 91.3 cm³/mol. The molecule has 2 aromatic carbocycles. The summed E-state index contributed by atoms with van der Waals surface area (Å²) in [5, 5.41) is 9.75. The van der Waals surface area contributed by atoms with Gasteiger partial charge in [0.1, 0.15) is 0 Å². The summed E-state index contributed by atoms with van der Waals surface area (Å²) in [4.78, 5) is 2.37. The maximum Gasteiger partial charge on any atom is 0.0772 e. The number of fused-ring (bicyclic) bond motifs is 1. The van der Waals surface area contributed by atoms with Crippen LogP contribution in [0.15, 0.2) is 40.9 Å². The lowest BCUT2D eigenvalue weighted by Gasteiger charge is -2.32. The molecule has 1 aliphatic rings. The molecular formula is C18H20BrNO. The number of anilines is 2. The van der Waals surface area contributed by atoms with Crippen molar-refractivity contribution < 1.29 is 5.11 Å². The van der Waals surface area contributed by atoms with E-state index in [0.717, 1.165) is 23.0 Å². The van der Waals surface area contributed by atoms with Crippen LogP contribution in [-0.2, 0) is 6.42 Å². The van der Waals surface area contributed by atoms with Crippen LogP contribution in [0.1, 0.15) is 36.1 Å². The summed E-state index contributed by atoms with van der Waals surface area (Å²) in [6, 6.07) is 12.9. The largest absolute Gasteiger partial charge is 0.389 e. The number of nitrogens with zero attached hydrogens (tertiary/aromatic N) is 1. The zero-order chi connectivity index (χ0) is 15.0. The van der Waals surface area contributed by atoms with Crippen molar-refractivity contribution in [2.75, 3.05) is 11.4 Å². The van der Waals surface area contributed by atoms with E-state index in [1.54, 1.807) is 6.92 Å². The molecule has 2 aromatic rings. The lowest BCUT2D eigenvalue weighted by Crippen LogP contribution is -2.24. The van der Waals surface area contributed by atoms with E-state index < -0.39 is 6.10 Å². The van der Waals surface area contributed by atoms with Crippen LogP contribution in [0.2, 0.25) is 0 Å². The van der Waals surface area contributed by atoms with Crippen LogP contribution < -0.4 is 4.90 Å². The minimum atomic E-state index is -0.454. The number of aryl methyl sites for hydroxylation is 2. The number of aliphatic hydroxyl groups excluding tert-OH is 1. The molecule has 0 saturated heterocycles. The molecule has 0 fully saturated rings. The second-order valence-corrected chi connectivity index (χ2v) is 6.62. The van der Waals surface area contributed by atoms with Crippen LogP contribution in [0.3, 0.4) is 0 Å². The molecule has 1 unspecified atom stereocenters. The molecule has 0 spiro atoms. The average molecular weight is 346 g/mol. The number of aliphatic hydroxyl groups is 1. The van der Waals surface area contributed by atoms with E-state index in [4.69, 9.17) is 0 Å². The van der Waals surface area contributed by atoms with Gasteiger partial charge in [0.25, 0.3) is 0 Å². The maximum absolute atomic E-state index is 9.75. The van der Waals surface area contributed by atoms with Gasteiger partial charge in [0.05, 0.1) is 6.10 Å². The fraction of sp³-hybridized carbons (Fsp3) is 0.333. The Labute approximate surface area is 134 Å². The Kier molecular flexibility index (Phi) is 4.05. The van der Waals surface area contributed by atoms with Gasteiger partial charge in [0.15, 0.2) is 0 Å². The van der Waals surface area contributed by atoms with Crippen LogP contribution in [-0.4, -0.2) is 11.7 Å². The Morgan fingerprint density at radius 3 is 2.71 bits per heavy atom. The van der Waals surface area contributed by atoms with Crippen LogP contribution in [0.5, 0.6) is 0 Å². The standard InChI is InChI=1S/C18H20BrNO/c1-12-5-8-18-14(10-12)4-3-9-20(18)15-6-7-16(13(2)21)17(19)11-15/h5-8,10-11,13,21H,3-4,9H2,1-2H3. The van der Waals surface area contributed by atoms with Crippen LogP contribution >= 0.6 is 15.9 Å². The van der Waals surface area contributed by atoms with Gasteiger partial charge in [0.2, 0.25) is 0 Å². The molecule has 0 saturated carbocycles. The minimum Gasteiger partial charge on any atom is -0.389 e. The summed E-state index contributed by atoms with van der Waals surface area (Å²) in [6.45, 7) is 4.97. The predicted octanol–water partition coefficient (Wildman–Crippen LogP) is 4.90. The molecule has 2 nitrogen and oxygen atoms in total. The molecule has 1 heterocycles. The highest BCUT2D eigenvalue weighted by molar-refractivity contribution is 9.10. The highest BCUT2D eigenvalue weighted by Crippen LogP contribution is 2.36. The Morgan fingerprint density at radius 1 is 1.19 bits per heavy atom. The topological polar surface area (TPSA) is 23.5 Å². The minimum absolute atomic E-state index is 0.454. The van der Waals surface area contributed by atoms with Gasteiger partial charge in [-0.15, -0.1) is 0 Å². The molecule has 0 amide bonds. The van der Waals surface area contributed by atoms with Crippen molar-refractivity contribution in [1.29, 1.82) is 0 Å². The Bertz CT molecular complexity index is 666. The Morgan fingerprint density at radius 2 is 2.00 bits per heavy atom. The van der Waals surface area contributed by atoms with E-state index in [2.05, 4.69) is 58.1 Å². The van der Waals surface area contributed by atoms with Gasteiger partial charge in [0, 0.05) is 22.4 Å². The normalized spacial score (nSPS) is 15.7. The number of hydrogen-bond donors (Lipinski definition) is 1. The first-order chi connectivity index (χ1) is 10.1. The summed E-state index contributed by atoms with van der Waals surface area (Å²) in [5.41, 5.74) is 6.16. The van der Waals surface area contributed by atoms with Crippen molar-refractivity contribution >= 4 is 27.3 Å². The van der Waals surface area contributed by atoms with Gasteiger partial charge < -0.3 is 10.0 Å². The van der Waals surface area contributed by atoms with Crippen molar-refractivity contribution in [3.8, 4) is 0 Å². The second-order valence-electron chi connectivity index (χ2n) is 5.77. The maximum atomic E-state index is 9.75. The molecule has 1 aliphatic heterocycles. The number of benzene rings is 2. The van der Waals surface area contributed by atoms with Crippen molar-refractivity contribution in [3.63, 3.8) is 0 Å². The summed E-state index contributed by atoms with van der Waals surface area (Å²) < 4.78 is 0.967. The highest BCUT2D eigenvalue weighted by Gasteiger charge is 2.19. The third-order valence-electron chi connectivity index (χ3n) is 4.10. The zero-order valence-corrected chi connectivity index (χ0v) is 14.0.